The number of Topliss-reactive ketones (excluding diaryl/α,β-unsaturated/α-hetero) is 1. The Morgan fingerprint density at radius 2 is 1.86 bits per heavy atom. The highest BCUT2D eigenvalue weighted by molar-refractivity contribution is 7.85. The van der Waals surface area contributed by atoms with Gasteiger partial charge in [0.05, 0.1) is 28.9 Å². The van der Waals surface area contributed by atoms with Crippen LogP contribution in [-0.4, -0.2) is 52.3 Å². The minimum Gasteiger partial charge on any atom is -0.366 e. The maximum Gasteiger partial charge on any atom is 0.271 e. The number of rotatable bonds is 6. The lowest BCUT2D eigenvalue weighted by Gasteiger charge is -2.37. The van der Waals surface area contributed by atoms with Crippen LogP contribution in [0.4, 0.5) is 5.69 Å². The molecule has 0 N–H and O–H groups in total. The summed E-state index contributed by atoms with van der Waals surface area (Å²) in [4.78, 5) is 46.9. The number of ketones is 1. The fraction of sp³-hybridized carbons (Fsp3) is 0.192. The van der Waals surface area contributed by atoms with Crippen LogP contribution in [0.1, 0.15) is 15.9 Å². The number of thiol groups is 1. The van der Waals surface area contributed by atoms with Gasteiger partial charge < -0.3 is 9.80 Å². The van der Waals surface area contributed by atoms with Gasteiger partial charge in [0.25, 0.3) is 11.5 Å². The number of amides is 1. The third kappa shape index (κ3) is 4.74. The minimum atomic E-state index is -0.544. The van der Waals surface area contributed by atoms with Gasteiger partial charge in [-0.05, 0) is 12.1 Å². The number of piperazine rings is 1. The van der Waals surface area contributed by atoms with Gasteiger partial charge in [-0.2, -0.15) is 5.26 Å². The summed E-state index contributed by atoms with van der Waals surface area (Å²) < 4.78 is 1.31. The number of anilines is 1. The molecule has 0 radical (unpaired) electrons. The second-order valence-electron chi connectivity index (χ2n) is 7.98. The molecule has 0 atom stereocenters. The molecule has 0 saturated carbocycles. The molecule has 1 fully saturated rings. The number of pyridine rings is 2. The first kappa shape index (κ1) is 24.0. The predicted molar refractivity (Wildman–Crippen MR) is 138 cm³/mol. The van der Waals surface area contributed by atoms with Gasteiger partial charge in [-0.3, -0.25) is 23.9 Å². The van der Waals surface area contributed by atoms with Crippen LogP contribution in [-0.2, 0) is 11.3 Å². The SMILES string of the molecule is C=C/C=C(\S)C(=O)N1CCN(c2c(C#N)c(=O)n(CC(=O)c3ccccc3)c3cnccc23)CC1. The average Bonchev–Trinajstić information content (AvgIpc) is 2.90. The van der Waals surface area contributed by atoms with E-state index in [9.17, 15) is 19.6 Å². The van der Waals surface area contributed by atoms with Crippen molar-refractivity contribution >= 4 is 40.9 Å². The molecule has 176 valence electrons. The molecule has 3 heterocycles. The van der Waals surface area contributed by atoms with Gasteiger partial charge >= 0.3 is 0 Å². The summed E-state index contributed by atoms with van der Waals surface area (Å²) in [5, 5.41) is 10.6. The highest BCUT2D eigenvalue weighted by Gasteiger charge is 2.27. The molecule has 1 aromatic carbocycles. The van der Waals surface area contributed by atoms with E-state index in [-0.39, 0.29) is 23.8 Å². The van der Waals surface area contributed by atoms with E-state index in [1.54, 1.807) is 47.5 Å². The molecule has 1 aliphatic rings. The number of allylic oxidation sites excluding steroid dienone is 2. The van der Waals surface area contributed by atoms with E-state index >= 15 is 0 Å². The van der Waals surface area contributed by atoms with Gasteiger partial charge in [-0.25, -0.2) is 0 Å². The van der Waals surface area contributed by atoms with Crippen LogP contribution in [0.2, 0.25) is 0 Å². The van der Waals surface area contributed by atoms with Crippen molar-refractivity contribution in [1.29, 1.82) is 5.26 Å². The molecule has 1 aliphatic heterocycles. The van der Waals surface area contributed by atoms with Gasteiger partial charge in [-0.1, -0.05) is 43.0 Å². The summed E-state index contributed by atoms with van der Waals surface area (Å²) in [6.07, 6.45) is 6.18. The van der Waals surface area contributed by atoms with Crippen molar-refractivity contribution < 1.29 is 9.59 Å². The lowest BCUT2D eigenvalue weighted by molar-refractivity contribution is -0.126. The normalized spacial score (nSPS) is 14.0. The zero-order chi connectivity index (χ0) is 24.9. The Hall–Kier alpha value is -4.16. The molecule has 0 bridgehead atoms. The highest BCUT2D eigenvalue weighted by atomic mass is 32.1. The van der Waals surface area contributed by atoms with Gasteiger partial charge in [0.15, 0.2) is 5.78 Å². The third-order valence-corrected chi connectivity index (χ3v) is 6.27. The monoisotopic (exact) mass is 485 g/mol. The van der Waals surface area contributed by atoms with Crippen LogP contribution in [0.3, 0.4) is 0 Å². The zero-order valence-corrected chi connectivity index (χ0v) is 19.8. The summed E-state index contributed by atoms with van der Waals surface area (Å²) in [6.45, 7) is 5.05. The number of carbonyl (C=O) groups is 2. The first-order chi connectivity index (χ1) is 17.0. The topological polar surface area (TPSA) is 99.3 Å². The van der Waals surface area contributed by atoms with Crippen molar-refractivity contribution in [2.24, 2.45) is 0 Å². The lowest BCUT2D eigenvalue weighted by Crippen LogP contribution is -2.49. The largest absolute Gasteiger partial charge is 0.366 e. The summed E-state index contributed by atoms with van der Waals surface area (Å²) in [5.41, 5.74) is 0.871. The van der Waals surface area contributed by atoms with Gasteiger partial charge in [0.2, 0.25) is 0 Å². The number of benzene rings is 1. The fourth-order valence-electron chi connectivity index (χ4n) is 4.20. The number of hydrogen-bond acceptors (Lipinski definition) is 7. The van der Waals surface area contributed by atoms with Crippen LogP contribution in [0.15, 0.2) is 77.2 Å². The van der Waals surface area contributed by atoms with Crippen LogP contribution in [0.5, 0.6) is 0 Å². The molecule has 4 rings (SSSR count). The number of aromatic nitrogens is 2. The summed E-state index contributed by atoms with van der Waals surface area (Å²) >= 11 is 4.23. The molecule has 1 amide bonds. The van der Waals surface area contributed by atoms with Crippen LogP contribution < -0.4 is 10.5 Å². The molecular weight excluding hydrogens is 462 g/mol. The van der Waals surface area contributed by atoms with Crippen molar-refractivity contribution in [1.82, 2.24) is 14.5 Å². The van der Waals surface area contributed by atoms with E-state index in [4.69, 9.17) is 0 Å². The van der Waals surface area contributed by atoms with E-state index in [1.165, 1.54) is 16.8 Å². The fourth-order valence-corrected chi connectivity index (χ4v) is 4.45. The quantitative estimate of drug-likeness (QED) is 0.250. The molecule has 0 aliphatic carbocycles. The molecule has 0 unspecified atom stereocenters. The molecule has 8 nitrogen and oxygen atoms in total. The molecule has 2 aromatic heterocycles. The number of fused-ring (bicyclic) bond motifs is 1. The maximum absolute atomic E-state index is 13.4. The zero-order valence-electron chi connectivity index (χ0n) is 18.9. The Kier molecular flexibility index (Phi) is 7.13. The van der Waals surface area contributed by atoms with Gasteiger partial charge in [-0.15, -0.1) is 12.6 Å². The first-order valence-electron chi connectivity index (χ1n) is 11.0. The molecule has 0 spiro atoms. The molecule has 1 saturated heterocycles. The van der Waals surface area contributed by atoms with Crippen molar-refractivity contribution in [3.63, 3.8) is 0 Å². The van der Waals surface area contributed by atoms with Crippen molar-refractivity contribution in [2.75, 3.05) is 31.1 Å². The highest BCUT2D eigenvalue weighted by Crippen LogP contribution is 2.29. The second kappa shape index (κ2) is 10.4. The Morgan fingerprint density at radius 1 is 1.14 bits per heavy atom. The Balaban J connectivity index is 1.71. The van der Waals surface area contributed by atoms with Gasteiger partial charge in [0.1, 0.15) is 11.6 Å². The van der Waals surface area contributed by atoms with E-state index < -0.39 is 5.56 Å². The summed E-state index contributed by atoms with van der Waals surface area (Å²) in [7, 11) is 0. The molecule has 3 aromatic rings. The number of nitriles is 1. The van der Waals surface area contributed by atoms with Crippen LogP contribution in [0, 0.1) is 11.3 Å². The smallest absolute Gasteiger partial charge is 0.271 e. The second-order valence-corrected chi connectivity index (χ2v) is 8.46. The Labute approximate surface area is 207 Å². The summed E-state index contributed by atoms with van der Waals surface area (Å²) in [5.74, 6) is -0.436. The van der Waals surface area contributed by atoms with Crippen LogP contribution >= 0.6 is 12.6 Å². The minimum absolute atomic E-state index is 0.0363. The van der Waals surface area contributed by atoms with E-state index in [0.717, 1.165) is 0 Å². The van der Waals surface area contributed by atoms with E-state index in [1.807, 2.05) is 11.0 Å². The van der Waals surface area contributed by atoms with Crippen molar-refractivity contribution in [3.8, 4) is 6.07 Å². The van der Waals surface area contributed by atoms with Crippen molar-refractivity contribution in [3.05, 3.63) is 93.9 Å². The molecular formula is C26H23N5O3S. The number of nitrogens with zero attached hydrogens (tertiary/aromatic N) is 5. The molecule has 35 heavy (non-hydrogen) atoms. The number of carbonyl (C=O) groups excluding carboxylic acids is 2. The van der Waals surface area contributed by atoms with E-state index in [2.05, 4.69) is 30.3 Å². The lowest BCUT2D eigenvalue weighted by atomic mass is 10.1. The number of hydrogen-bond donors (Lipinski definition) is 1. The summed E-state index contributed by atoms with van der Waals surface area (Å²) in [6, 6.07) is 12.5. The van der Waals surface area contributed by atoms with Crippen LogP contribution in [0.25, 0.3) is 10.9 Å². The first-order valence-corrected chi connectivity index (χ1v) is 11.5. The molecule has 9 heteroatoms. The maximum atomic E-state index is 13.4. The Bertz CT molecular complexity index is 1430. The van der Waals surface area contributed by atoms with E-state index in [0.29, 0.717) is 53.2 Å². The predicted octanol–water partition coefficient (Wildman–Crippen LogP) is 2.80. The Morgan fingerprint density at radius 3 is 2.51 bits per heavy atom. The third-order valence-electron chi connectivity index (χ3n) is 5.93. The standard InChI is InChI=1S/C26H23N5O3S/c1-2-6-23(35)26(34)30-13-11-29(12-14-30)24-19-9-10-28-16-21(19)31(25(33)20(24)15-27)17-22(32)18-7-4-3-5-8-18/h2-10,16,35H,1,11-14,17H2/b23-6-. The van der Waals surface area contributed by atoms with Gasteiger partial charge in [0, 0.05) is 43.3 Å². The van der Waals surface area contributed by atoms with Crippen molar-refractivity contribution in [2.45, 2.75) is 6.54 Å². The average molecular weight is 486 g/mol.